The highest BCUT2D eigenvalue weighted by molar-refractivity contribution is 5.09. The average molecular weight is 263 g/mol. The molecule has 1 N–H and O–H groups in total. The molecule has 0 bridgehead atoms. The molecule has 4 nitrogen and oxygen atoms in total. The van der Waals surface area contributed by atoms with Crippen LogP contribution in [0, 0.1) is 11.8 Å². The van der Waals surface area contributed by atoms with Gasteiger partial charge in [-0.25, -0.2) is 0 Å². The summed E-state index contributed by atoms with van der Waals surface area (Å²) in [6, 6.07) is 0.402. The van der Waals surface area contributed by atoms with Crippen molar-refractivity contribution in [2.24, 2.45) is 11.8 Å². The number of rotatable bonds is 5. The van der Waals surface area contributed by atoms with Crippen molar-refractivity contribution in [3.63, 3.8) is 0 Å². The third kappa shape index (κ3) is 2.99. The molecule has 2 saturated carbocycles. The first kappa shape index (κ1) is 13.1. The van der Waals surface area contributed by atoms with E-state index in [9.17, 15) is 0 Å². The fraction of sp³-hybridized carbons (Fsp3) is 0.867. The third-order valence-corrected chi connectivity index (χ3v) is 4.88. The second kappa shape index (κ2) is 5.61. The van der Waals surface area contributed by atoms with Crippen LogP contribution in [0.4, 0.5) is 0 Å². The average Bonchev–Trinajstić information content (AvgIpc) is 3.13. The molecule has 4 heteroatoms. The van der Waals surface area contributed by atoms with E-state index in [1.165, 1.54) is 38.5 Å². The van der Waals surface area contributed by atoms with Crippen LogP contribution < -0.4 is 5.32 Å². The molecule has 2 aliphatic rings. The van der Waals surface area contributed by atoms with Crippen LogP contribution in [0.2, 0.25) is 0 Å². The number of nitrogens with one attached hydrogen (secondary N) is 1. The molecule has 1 heterocycles. The fourth-order valence-corrected chi connectivity index (χ4v) is 3.46. The first-order valence-corrected chi connectivity index (χ1v) is 7.77. The Kier molecular flexibility index (Phi) is 3.87. The molecule has 2 aliphatic carbocycles. The Bertz CT molecular complexity index is 411. The van der Waals surface area contributed by atoms with Gasteiger partial charge in [0.25, 0.3) is 0 Å². The summed E-state index contributed by atoms with van der Waals surface area (Å²) in [5, 5.41) is 7.33. The molecule has 0 spiro atoms. The molecule has 0 aromatic carbocycles. The quantitative estimate of drug-likeness (QED) is 0.887. The van der Waals surface area contributed by atoms with Gasteiger partial charge in [0, 0.05) is 18.4 Å². The summed E-state index contributed by atoms with van der Waals surface area (Å²) in [5.41, 5.74) is 0. The SMILES string of the molecule is CNC(C)Cc1noc(C2CC2C2CCCCC2)n1. The number of hydrogen-bond donors (Lipinski definition) is 1. The Balaban J connectivity index is 1.56. The van der Waals surface area contributed by atoms with E-state index in [0.29, 0.717) is 12.0 Å². The highest BCUT2D eigenvalue weighted by atomic mass is 16.5. The van der Waals surface area contributed by atoms with E-state index < -0.39 is 0 Å². The van der Waals surface area contributed by atoms with Crippen molar-refractivity contribution in [1.29, 1.82) is 0 Å². The Morgan fingerprint density at radius 1 is 1.32 bits per heavy atom. The van der Waals surface area contributed by atoms with Gasteiger partial charge in [0.2, 0.25) is 5.89 Å². The fourth-order valence-electron chi connectivity index (χ4n) is 3.46. The highest BCUT2D eigenvalue weighted by Gasteiger charge is 2.47. The standard InChI is InChI=1S/C15H25N3O/c1-10(16-2)8-14-17-15(19-18-14)13-9-12(13)11-6-4-3-5-7-11/h10-13,16H,3-9H2,1-2H3. The van der Waals surface area contributed by atoms with Gasteiger partial charge in [-0.15, -0.1) is 0 Å². The molecule has 2 fully saturated rings. The summed E-state index contributed by atoms with van der Waals surface area (Å²) >= 11 is 0. The first-order chi connectivity index (χ1) is 9.28. The van der Waals surface area contributed by atoms with E-state index in [-0.39, 0.29) is 0 Å². The maximum absolute atomic E-state index is 5.47. The van der Waals surface area contributed by atoms with Crippen molar-refractivity contribution < 1.29 is 4.52 Å². The van der Waals surface area contributed by atoms with Crippen molar-refractivity contribution >= 4 is 0 Å². The van der Waals surface area contributed by atoms with Crippen LogP contribution >= 0.6 is 0 Å². The summed E-state index contributed by atoms with van der Waals surface area (Å²) in [4.78, 5) is 4.59. The maximum Gasteiger partial charge on any atom is 0.230 e. The second-order valence-electron chi connectivity index (χ2n) is 6.35. The molecule has 3 unspecified atom stereocenters. The lowest BCUT2D eigenvalue weighted by Crippen LogP contribution is -2.24. The summed E-state index contributed by atoms with van der Waals surface area (Å²) in [7, 11) is 1.96. The highest BCUT2D eigenvalue weighted by Crippen LogP contribution is 2.54. The van der Waals surface area contributed by atoms with Crippen LogP contribution in [-0.4, -0.2) is 23.2 Å². The van der Waals surface area contributed by atoms with Crippen LogP contribution in [0.15, 0.2) is 4.52 Å². The van der Waals surface area contributed by atoms with E-state index in [0.717, 1.165) is 30.0 Å². The third-order valence-electron chi connectivity index (χ3n) is 4.88. The lowest BCUT2D eigenvalue weighted by Gasteiger charge is -2.21. The molecule has 0 saturated heterocycles. The van der Waals surface area contributed by atoms with Gasteiger partial charge in [-0.1, -0.05) is 37.3 Å². The molecular weight excluding hydrogens is 238 g/mol. The van der Waals surface area contributed by atoms with Crippen LogP contribution in [-0.2, 0) is 6.42 Å². The Morgan fingerprint density at radius 3 is 2.84 bits per heavy atom. The van der Waals surface area contributed by atoms with Crippen molar-refractivity contribution in [2.75, 3.05) is 7.05 Å². The number of aromatic nitrogens is 2. The molecule has 1 aromatic rings. The largest absolute Gasteiger partial charge is 0.339 e. The normalized spacial score (nSPS) is 29.4. The summed E-state index contributed by atoms with van der Waals surface area (Å²) in [6.45, 7) is 2.14. The van der Waals surface area contributed by atoms with Gasteiger partial charge in [-0.2, -0.15) is 4.98 Å². The molecule has 106 valence electrons. The number of hydrogen-bond acceptors (Lipinski definition) is 4. The topological polar surface area (TPSA) is 51.0 Å². The van der Waals surface area contributed by atoms with Crippen molar-refractivity contribution in [3.8, 4) is 0 Å². The zero-order valence-corrected chi connectivity index (χ0v) is 12.1. The van der Waals surface area contributed by atoms with E-state index in [4.69, 9.17) is 4.52 Å². The minimum absolute atomic E-state index is 0.402. The van der Waals surface area contributed by atoms with Gasteiger partial charge in [0.15, 0.2) is 5.82 Å². The molecule has 0 amide bonds. The number of nitrogens with zero attached hydrogens (tertiary/aromatic N) is 2. The van der Waals surface area contributed by atoms with Gasteiger partial charge in [0.05, 0.1) is 0 Å². The summed E-state index contributed by atoms with van der Waals surface area (Å²) in [6.07, 6.45) is 9.22. The van der Waals surface area contributed by atoms with E-state index in [2.05, 4.69) is 22.4 Å². The second-order valence-corrected chi connectivity index (χ2v) is 6.35. The Morgan fingerprint density at radius 2 is 2.11 bits per heavy atom. The monoisotopic (exact) mass is 263 g/mol. The molecular formula is C15H25N3O. The Hall–Kier alpha value is -0.900. The van der Waals surface area contributed by atoms with Gasteiger partial charge in [-0.05, 0) is 32.2 Å². The van der Waals surface area contributed by atoms with Gasteiger partial charge >= 0.3 is 0 Å². The van der Waals surface area contributed by atoms with Crippen molar-refractivity contribution in [3.05, 3.63) is 11.7 Å². The van der Waals surface area contributed by atoms with Crippen molar-refractivity contribution in [2.45, 2.75) is 63.8 Å². The zero-order valence-electron chi connectivity index (χ0n) is 12.1. The van der Waals surface area contributed by atoms with Gasteiger partial charge in [0.1, 0.15) is 0 Å². The molecule has 3 atom stereocenters. The van der Waals surface area contributed by atoms with Crippen LogP contribution in [0.1, 0.15) is 63.1 Å². The molecule has 19 heavy (non-hydrogen) atoms. The van der Waals surface area contributed by atoms with Crippen LogP contribution in [0.3, 0.4) is 0 Å². The lowest BCUT2D eigenvalue weighted by atomic mass is 9.85. The van der Waals surface area contributed by atoms with Gasteiger partial charge in [-0.3, -0.25) is 0 Å². The van der Waals surface area contributed by atoms with Crippen molar-refractivity contribution in [1.82, 2.24) is 15.5 Å². The molecule has 0 radical (unpaired) electrons. The van der Waals surface area contributed by atoms with E-state index in [1.54, 1.807) is 0 Å². The van der Waals surface area contributed by atoms with E-state index >= 15 is 0 Å². The van der Waals surface area contributed by atoms with Gasteiger partial charge < -0.3 is 9.84 Å². The minimum Gasteiger partial charge on any atom is -0.339 e. The van der Waals surface area contributed by atoms with Crippen LogP contribution in [0.25, 0.3) is 0 Å². The Labute approximate surface area is 115 Å². The number of likely N-dealkylation sites (N-methyl/N-ethyl adjacent to an activating group) is 1. The van der Waals surface area contributed by atoms with Crippen LogP contribution in [0.5, 0.6) is 0 Å². The predicted molar refractivity (Wildman–Crippen MR) is 73.9 cm³/mol. The summed E-state index contributed by atoms with van der Waals surface area (Å²) < 4.78 is 5.47. The molecule has 0 aliphatic heterocycles. The smallest absolute Gasteiger partial charge is 0.230 e. The molecule has 1 aromatic heterocycles. The summed E-state index contributed by atoms with van der Waals surface area (Å²) in [5.74, 6) is 4.06. The predicted octanol–water partition coefficient (Wildman–Crippen LogP) is 2.90. The minimum atomic E-state index is 0.402. The zero-order chi connectivity index (χ0) is 13.2. The van der Waals surface area contributed by atoms with E-state index in [1.807, 2.05) is 7.05 Å². The first-order valence-electron chi connectivity index (χ1n) is 7.77. The molecule has 3 rings (SSSR count). The lowest BCUT2D eigenvalue weighted by molar-refractivity contribution is 0.305. The maximum atomic E-state index is 5.47.